The first kappa shape index (κ1) is 22.0. The summed E-state index contributed by atoms with van der Waals surface area (Å²) in [5.41, 5.74) is 1.51. The molecular weight excluding hydrogens is 372 g/mol. The Hall–Kier alpha value is -2.34. The normalized spacial score (nSPS) is 12.4. The molecule has 0 spiro atoms. The minimum absolute atomic E-state index is 0.173. The second-order valence-electron chi connectivity index (χ2n) is 7.02. The molecule has 0 unspecified atom stereocenters. The third-order valence-electron chi connectivity index (χ3n) is 4.97. The summed E-state index contributed by atoms with van der Waals surface area (Å²) in [5.74, 6) is 0.289. The molecule has 1 atom stereocenters. The topological polar surface area (TPSA) is 75.3 Å². The molecule has 2 N–H and O–H groups in total. The summed E-state index contributed by atoms with van der Waals surface area (Å²) < 4.78 is 27.7. The third-order valence-corrected chi connectivity index (χ3v) is 6.35. The first-order valence-electron chi connectivity index (χ1n) is 9.84. The maximum atomic E-state index is 12.7. The molecule has 0 heterocycles. The summed E-state index contributed by atoms with van der Waals surface area (Å²) in [4.78, 5) is 12.8. The summed E-state index contributed by atoms with van der Waals surface area (Å²) >= 11 is 0. The van der Waals surface area contributed by atoms with Crippen LogP contribution in [0.3, 0.4) is 0 Å². The highest BCUT2D eigenvalue weighted by atomic mass is 32.2. The number of hydrogen-bond acceptors (Lipinski definition) is 3. The van der Waals surface area contributed by atoms with E-state index < -0.39 is 10.0 Å². The van der Waals surface area contributed by atoms with Crippen LogP contribution in [0.1, 0.15) is 55.5 Å². The Bertz CT molecular complexity index is 880. The van der Waals surface area contributed by atoms with Crippen molar-refractivity contribution >= 4 is 21.6 Å². The number of sulfonamides is 1. The standard InChI is InChI=1S/C22H30N2O3S/c1-4-6-11-18(5-2)16-23-22(25)20-14-10-15-21(17(20)3)24-28(26,27)19-12-8-7-9-13-19/h7-10,12-15,18,24H,4-6,11,16H2,1-3H3,(H,23,25)/t18-/m1/s1. The smallest absolute Gasteiger partial charge is 0.261 e. The number of benzene rings is 2. The van der Waals surface area contributed by atoms with Crippen LogP contribution in [0.5, 0.6) is 0 Å². The summed E-state index contributed by atoms with van der Waals surface area (Å²) in [6.07, 6.45) is 4.43. The molecule has 152 valence electrons. The fourth-order valence-corrected chi connectivity index (χ4v) is 4.22. The molecule has 0 aromatic heterocycles. The summed E-state index contributed by atoms with van der Waals surface area (Å²) in [7, 11) is -3.70. The van der Waals surface area contributed by atoms with E-state index in [2.05, 4.69) is 23.9 Å². The number of unbranched alkanes of at least 4 members (excludes halogenated alkanes) is 1. The van der Waals surface area contributed by atoms with Crippen LogP contribution in [-0.2, 0) is 10.0 Å². The maximum absolute atomic E-state index is 12.7. The number of amides is 1. The number of hydrogen-bond donors (Lipinski definition) is 2. The fourth-order valence-electron chi connectivity index (χ4n) is 3.07. The van der Waals surface area contributed by atoms with Crippen molar-refractivity contribution in [2.45, 2.75) is 51.3 Å². The van der Waals surface area contributed by atoms with Gasteiger partial charge >= 0.3 is 0 Å². The van der Waals surface area contributed by atoms with Gasteiger partial charge in [-0.05, 0) is 49.1 Å². The molecule has 2 aromatic rings. The predicted molar refractivity (Wildman–Crippen MR) is 114 cm³/mol. The van der Waals surface area contributed by atoms with Crippen molar-refractivity contribution < 1.29 is 13.2 Å². The highest BCUT2D eigenvalue weighted by molar-refractivity contribution is 7.92. The Morgan fingerprint density at radius 1 is 1.04 bits per heavy atom. The van der Waals surface area contributed by atoms with Crippen LogP contribution >= 0.6 is 0 Å². The molecule has 0 saturated carbocycles. The molecule has 0 aliphatic heterocycles. The number of nitrogens with one attached hydrogen (secondary N) is 2. The van der Waals surface area contributed by atoms with Gasteiger partial charge in [-0.25, -0.2) is 8.42 Å². The van der Waals surface area contributed by atoms with E-state index in [0.717, 1.165) is 25.7 Å². The molecule has 0 bridgehead atoms. The lowest BCUT2D eigenvalue weighted by Crippen LogP contribution is -2.30. The Morgan fingerprint density at radius 2 is 1.75 bits per heavy atom. The van der Waals surface area contributed by atoms with Gasteiger partial charge in [0.2, 0.25) is 0 Å². The lowest BCUT2D eigenvalue weighted by atomic mass is 9.99. The second kappa shape index (κ2) is 10.3. The third kappa shape index (κ3) is 5.83. The van der Waals surface area contributed by atoms with Crippen LogP contribution in [-0.4, -0.2) is 20.9 Å². The van der Waals surface area contributed by atoms with Gasteiger partial charge in [0.1, 0.15) is 0 Å². The molecule has 6 heteroatoms. The molecule has 28 heavy (non-hydrogen) atoms. The van der Waals surface area contributed by atoms with Crippen molar-refractivity contribution in [3.63, 3.8) is 0 Å². The molecule has 0 fully saturated rings. The predicted octanol–water partition coefficient (Wildman–Crippen LogP) is 4.74. The highest BCUT2D eigenvalue weighted by Gasteiger charge is 2.18. The molecule has 0 saturated heterocycles. The SMILES string of the molecule is CCCC[C@@H](CC)CNC(=O)c1cccc(NS(=O)(=O)c2ccccc2)c1C. The average molecular weight is 403 g/mol. The van der Waals surface area contributed by atoms with E-state index >= 15 is 0 Å². The molecular formula is C22H30N2O3S. The van der Waals surface area contributed by atoms with Gasteiger partial charge in [-0.2, -0.15) is 0 Å². The van der Waals surface area contributed by atoms with Crippen molar-refractivity contribution in [1.82, 2.24) is 5.32 Å². The van der Waals surface area contributed by atoms with Crippen molar-refractivity contribution in [3.05, 3.63) is 59.7 Å². The van der Waals surface area contributed by atoms with Crippen molar-refractivity contribution in [1.29, 1.82) is 0 Å². The van der Waals surface area contributed by atoms with Gasteiger partial charge in [0, 0.05) is 12.1 Å². The molecule has 5 nitrogen and oxygen atoms in total. The summed E-state index contributed by atoms with van der Waals surface area (Å²) in [5, 5.41) is 3.01. The van der Waals surface area contributed by atoms with E-state index in [-0.39, 0.29) is 10.8 Å². The van der Waals surface area contributed by atoms with Crippen LogP contribution in [0, 0.1) is 12.8 Å². The van der Waals surface area contributed by atoms with Crippen LogP contribution in [0.15, 0.2) is 53.4 Å². The fraction of sp³-hybridized carbons (Fsp3) is 0.409. The zero-order valence-electron chi connectivity index (χ0n) is 16.9. The number of rotatable bonds is 10. The number of carbonyl (C=O) groups excluding carboxylic acids is 1. The summed E-state index contributed by atoms with van der Waals surface area (Å²) in [6, 6.07) is 13.3. The molecule has 0 radical (unpaired) electrons. The van der Waals surface area contributed by atoms with Crippen molar-refractivity contribution in [2.24, 2.45) is 5.92 Å². The van der Waals surface area contributed by atoms with Gasteiger partial charge in [-0.1, -0.05) is 57.4 Å². The van der Waals surface area contributed by atoms with Gasteiger partial charge in [-0.3, -0.25) is 9.52 Å². The first-order valence-corrected chi connectivity index (χ1v) is 11.3. The van der Waals surface area contributed by atoms with Crippen LogP contribution in [0.4, 0.5) is 5.69 Å². The Morgan fingerprint density at radius 3 is 2.39 bits per heavy atom. The van der Waals surface area contributed by atoms with Crippen LogP contribution < -0.4 is 10.0 Å². The minimum atomic E-state index is -3.70. The van der Waals surface area contributed by atoms with Gasteiger partial charge < -0.3 is 5.32 Å². The van der Waals surface area contributed by atoms with Gasteiger partial charge in [0.15, 0.2) is 0 Å². The average Bonchev–Trinajstić information content (AvgIpc) is 2.70. The van der Waals surface area contributed by atoms with E-state index in [1.807, 2.05) is 0 Å². The Kier molecular flexibility index (Phi) is 8.05. The van der Waals surface area contributed by atoms with Crippen LogP contribution in [0.25, 0.3) is 0 Å². The molecule has 0 aliphatic carbocycles. The van der Waals surface area contributed by atoms with Crippen molar-refractivity contribution in [2.75, 3.05) is 11.3 Å². The van der Waals surface area contributed by atoms with E-state index in [9.17, 15) is 13.2 Å². The monoisotopic (exact) mass is 402 g/mol. The molecule has 1 amide bonds. The van der Waals surface area contributed by atoms with Gasteiger partial charge in [0.05, 0.1) is 10.6 Å². The quantitative estimate of drug-likeness (QED) is 0.603. The van der Waals surface area contributed by atoms with E-state index in [0.29, 0.717) is 29.3 Å². The maximum Gasteiger partial charge on any atom is 0.261 e. The Labute approximate surface area is 168 Å². The van der Waals surface area contributed by atoms with E-state index in [4.69, 9.17) is 0 Å². The first-order chi connectivity index (χ1) is 13.4. The lowest BCUT2D eigenvalue weighted by Gasteiger charge is -2.17. The van der Waals surface area contributed by atoms with Gasteiger partial charge in [-0.15, -0.1) is 0 Å². The zero-order chi connectivity index (χ0) is 20.6. The van der Waals surface area contributed by atoms with Crippen molar-refractivity contribution in [3.8, 4) is 0 Å². The lowest BCUT2D eigenvalue weighted by molar-refractivity contribution is 0.0945. The number of carbonyl (C=O) groups is 1. The minimum Gasteiger partial charge on any atom is -0.352 e. The largest absolute Gasteiger partial charge is 0.352 e. The Balaban J connectivity index is 2.13. The zero-order valence-corrected chi connectivity index (χ0v) is 17.7. The van der Waals surface area contributed by atoms with E-state index in [1.165, 1.54) is 12.1 Å². The second-order valence-corrected chi connectivity index (χ2v) is 8.71. The number of anilines is 1. The molecule has 0 aliphatic rings. The van der Waals surface area contributed by atoms with Crippen LogP contribution in [0.2, 0.25) is 0 Å². The molecule has 2 aromatic carbocycles. The summed E-state index contributed by atoms with van der Waals surface area (Å²) in [6.45, 7) is 6.69. The highest BCUT2D eigenvalue weighted by Crippen LogP contribution is 2.23. The molecule has 2 rings (SSSR count). The van der Waals surface area contributed by atoms with Gasteiger partial charge in [0.25, 0.3) is 15.9 Å². The van der Waals surface area contributed by atoms with E-state index in [1.54, 1.807) is 43.3 Å².